The molecule has 1 N–H and O–H groups in total. The molecule has 1 aromatic rings. The van der Waals surface area contributed by atoms with Crippen LogP contribution in [0, 0.1) is 10.1 Å². The minimum atomic E-state index is -0.335. The van der Waals surface area contributed by atoms with Gasteiger partial charge in [-0.1, -0.05) is 6.92 Å². The molecule has 21 heavy (non-hydrogen) atoms. The van der Waals surface area contributed by atoms with Crippen LogP contribution < -0.4 is 10.2 Å². The lowest BCUT2D eigenvalue weighted by molar-refractivity contribution is -0.384. The molecule has 0 atom stereocenters. The Balaban J connectivity index is 2.23. The van der Waals surface area contributed by atoms with Gasteiger partial charge in [0.1, 0.15) is 0 Å². The first-order valence-electron chi connectivity index (χ1n) is 7.45. The summed E-state index contributed by atoms with van der Waals surface area (Å²) in [7, 11) is 2.00. The molecular formula is C15H23N3O3. The molecule has 0 aromatic heterocycles. The Bertz CT molecular complexity index is 487. The summed E-state index contributed by atoms with van der Waals surface area (Å²) < 4.78 is 5.38. The highest BCUT2D eigenvalue weighted by Gasteiger charge is 2.21. The molecule has 0 spiro atoms. The van der Waals surface area contributed by atoms with Crippen molar-refractivity contribution in [2.75, 3.05) is 37.0 Å². The largest absolute Gasteiger partial charge is 0.385 e. The molecule has 1 aromatic carbocycles. The third-order valence-electron chi connectivity index (χ3n) is 3.84. The van der Waals surface area contributed by atoms with Crippen LogP contribution in [0.4, 0.5) is 17.1 Å². The zero-order valence-electron chi connectivity index (χ0n) is 12.7. The van der Waals surface area contributed by atoms with E-state index in [4.69, 9.17) is 4.74 Å². The van der Waals surface area contributed by atoms with Crippen LogP contribution in [0.25, 0.3) is 0 Å². The minimum Gasteiger partial charge on any atom is -0.385 e. The average molecular weight is 293 g/mol. The summed E-state index contributed by atoms with van der Waals surface area (Å²) in [5.41, 5.74) is 1.82. The Kier molecular flexibility index (Phi) is 5.38. The van der Waals surface area contributed by atoms with E-state index in [0.717, 1.165) is 50.4 Å². The number of ether oxygens (including phenoxy) is 1. The molecule has 0 aliphatic carbocycles. The zero-order chi connectivity index (χ0) is 15.2. The third-order valence-corrected chi connectivity index (χ3v) is 3.84. The number of anilines is 2. The van der Waals surface area contributed by atoms with Gasteiger partial charge in [0.05, 0.1) is 4.92 Å². The molecule has 6 nitrogen and oxygen atoms in total. The predicted molar refractivity (Wildman–Crippen MR) is 84.1 cm³/mol. The molecule has 0 saturated carbocycles. The fourth-order valence-corrected chi connectivity index (χ4v) is 2.56. The van der Waals surface area contributed by atoms with E-state index >= 15 is 0 Å². The van der Waals surface area contributed by atoms with Gasteiger partial charge in [0, 0.05) is 56.4 Å². The summed E-state index contributed by atoms with van der Waals surface area (Å²) in [6.07, 6.45) is 2.89. The van der Waals surface area contributed by atoms with Crippen LogP contribution in [-0.2, 0) is 4.74 Å². The molecule has 0 amide bonds. The first-order chi connectivity index (χ1) is 10.1. The fourth-order valence-electron chi connectivity index (χ4n) is 2.56. The maximum absolute atomic E-state index is 11.1. The summed E-state index contributed by atoms with van der Waals surface area (Å²) in [6.45, 7) is 4.39. The lowest BCUT2D eigenvalue weighted by Crippen LogP contribution is -2.36. The summed E-state index contributed by atoms with van der Waals surface area (Å²) in [5, 5.41) is 14.3. The van der Waals surface area contributed by atoms with Crippen LogP contribution in [0.3, 0.4) is 0 Å². The van der Waals surface area contributed by atoms with Crippen LogP contribution in [0.5, 0.6) is 0 Å². The smallest absolute Gasteiger partial charge is 0.273 e. The average Bonchev–Trinajstić information content (AvgIpc) is 2.52. The van der Waals surface area contributed by atoms with Crippen LogP contribution in [0.2, 0.25) is 0 Å². The summed E-state index contributed by atoms with van der Waals surface area (Å²) in [6, 6.07) is 5.60. The number of hydrogen-bond acceptors (Lipinski definition) is 5. The standard InChI is InChI=1S/C15H23N3O3/c1-3-6-16-12-9-14(11-15(10-12)18(19)20)17(2)13-4-7-21-8-5-13/h9-11,13,16H,3-8H2,1-2H3. The monoisotopic (exact) mass is 293 g/mol. The highest BCUT2D eigenvalue weighted by atomic mass is 16.6. The van der Waals surface area contributed by atoms with Crippen LogP contribution in [-0.4, -0.2) is 37.8 Å². The van der Waals surface area contributed by atoms with E-state index in [-0.39, 0.29) is 10.6 Å². The normalized spacial score (nSPS) is 15.7. The second-order valence-electron chi connectivity index (χ2n) is 5.38. The van der Waals surface area contributed by atoms with E-state index in [2.05, 4.69) is 17.1 Å². The quantitative estimate of drug-likeness (QED) is 0.645. The van der Waals surface area contributed by atoms with Gasteiger partial charge >= 0.3 is 0 Å². The molecule has 116 valence electrons. The van der Waals surface area contributed by atoms with E-state index in [0.29, 0.717) is 6.04 Å². The van der Waals surface area contributed by atoms with Crippen molar-refractivity contribution in [2.24, 2.45) is 0 Å². The number of nitro groups is 1. The van der Waals surface area contributed by atoms with Crippen molar-refractivity contribution in [3.05, 3.63) is 28.3 Å². The van der Waals surface area contributed by atoms with E-state index in [1.165, 1.54) is 0 Å². The van der Waals surface area contributed by atoms with E-state index in [1.54, 1.807) is 12.1 Å². The Morgan fingerprint density at radius 2 is 2.10 bits per heavy atom. The molecule has 6 heteroatoms. The minimum absolute atomic E-state index is 0.130. The molecule has 1 aliphatic rings. The highest BCUT2D eigenvalue weighted by molar-refractivity contribution is 5.64. The van der Waals surface area contributed by atoms with Crippen molar-refractivity contribution in [3.8, 4) is 0 Å². The topological polar surface area (TPSA) is 67.6 Å². The second-order valence-corrected chi connectivity index (χ2v) is 5.38. The van der Waals surface area contributed by atoms with Gasteiger partial charge in [0.25, 0.3) is 5.69 Å². The number of non-ortho nitro benzene ring substituents is 1. The van der Waals surface area contributed by atoms with E-state index in [1.807, 2.05) is 13.1 Å². The molecule has 1 fully saturated rings. The first-order valence-corrected chi connectivity index (χ1v) is 7.45. The Morgan fingerprint density at radius 1 is 1.38 bits per heavy atom. The first kappa shape index (κ1) is 15.6. The third kappa shape index (κ3) is 4.07. The maximum atomic E-state index is 11.1. The maximum Gasteiger partial charge on any atom is 0.273 e. The van der Waals surface area contributed by atoms with Crippen molar-refractivity contribution in [1.29, 1.82) is 0 Å². The summed E-state index contributed by atoms with van der Waals surface area (Å²) >= 11 is 0. The summed E-state index contributed by atoms with van der Waals surface area (Å²) in [5.74, 6) is 0. The van der Waals surface area contributed by atoms with Gasteiger partial charge < -0.3 is 15.0 Å². The van der Waals surface area contributed by atoms with E-state index in [9.17, 15) is 10.1 Å². The van der Waals surface area contributed by atoms with Gasteiger partial charge in [-0.3, -0.25) is 10.1 Å². The van der Waals surface area contributed by atoms with Crippen molar-refractivity contribution in [3.63, 3.8) is 0 Å². The molecule has 0 unspecified atom stereocenters. The highest BCUT2D eigenvalue weighted by Crippen LogP contribution is 2.29. The Labute approximate surface area is 125 Å². The van der Waals surface area contributed by atoms with Crippen LogP contribution >= 0.6 is 0 Å². The van der Waals surface area contributed by atoms with Gasteiger partial charge in [-0.2, -0.15) is 0 Å². The van der Waals surface area contributed by atoms with Crippen molar-refractivity contribution >= 4 is 17.1 Å². The number of rotatable bonds is 6. The number of benzene rings is 1. The lowest BCUT2D eigenvalue weighted by atomic mass is 10.1. The van der Waals surface area contributed by atoms with Crippen molar-refractivity contribution in [1.82, 2.24) is 0 Å². The van der Waals surface area contributed by atoms with Crippen LogP contribution in [0.1, 0.15) is 26.2 Å². The number of nitrogens with zero attached hydrogens (tertiary/aromatic N) is 2. The van der Waals surface area contributed by atoms with E-state index < -0.39 is 0 Å². The fraction of sp³-hybridized carbons (Fsp3) is 0.600. The SMILES string of the molecule is CCCNc1cc(N(C)C2CCOCC2)cc([N+](=O)[O-])c1. The second kappa shape index (κ2) is 7.26. The van der Waals surface area contributed by atoms with Gasteiger partial charge in [0.2, 0.25) is 0 Å². The van der Waals surface area contributed by atoms with Crippen molar-refractivity contribution in [2.45, 2.75) is 32.2 Å². The molecule has 2 rings (SSSR count). The molecule has 1 aliphatic heterocycles. The predicted octanol–water partition coefficient (Wildman–Crippen LogP) is 3.03. The van der Waals surface area contributed by atoms with Gasteiger partial charge in [-0.15, -0.1) is 0 Å². The number of hydrogen-bond donors (Lipinski definition) is 1. The molecule has 1 heterocycles. The molecular weight excluding hydrogens is 270 g/mol. The Hall–Kier alpha value is -1.82. The molecule has 1 saturated heterocycles. The number of nitrogens with one attached hydrogen (secondary N) is 1. The van der Waals surface area contributed by atoms with Crippen molar-refractivity contribution < 1.29 is 9.66 Å². The Morgan fingerprint density at radius 3 is 2.71 bits per heavy atom. The zero-order valence-corrected chi connectivity index (χ0v) is 12.7. The molecule has 0 bridgehead atoms. The molecule has 0 radical (unpaired) electrons. The summed E-state index contributed by atoms with van der Waals surface area (Å²) in [4.78, 5) is 12.9. The van der Waals surface area contributed by atoms with Gasteiger partial charge in [-0.25, -0.2) is 0 Å². The van der Waals surface area contributed by atoms with Gasteiger partial charge in [0.15, 0.2) is 0 Å². The number of nitro benzene ring substituents is 1. The van der Waals surface area contributed by atoms with Gasteiger partial charge in [-0.05, 0) is 25.3 Å². The lowest BCUT2D eigenvalue weighted by Gasteiger charge is -2.33. The van der Waals surface area contributed by atoms with Crippen LogP contribution in [0.15, 0.2) is 18.2 Å².